The zero-order chi connectivity index (χ0) is 13.0. The summed E-state index contributed by atoms with van der Waals surface area (Å²) < 4.78 is 5.31. The third kappa shape index (κ3) is 3.13. The lowest BCUT2D eigenvalue weighted by Gasteiger charge is -2.02. The summed E-state index contributed by atoms with van der Waals surface area (Å²) in [6, 6.07) is 1.75. The third-order valence-electron chi connectivity index (χ3n) is 2.32. The van der Waals surface area contributed by atoms with Crippen molar-refractivity contribution in [2.45, 2.75) is 18.9 Å². The molecule has 2 aromatic rings. The van der Waals surface area contributed by atoms with Crippen LogP contribution in [0.25, 0.3) is 0 Å². The Morgan fingerprint density at radius 2 is 2.39 bits per heavy atom. The third-order valence-corrected chi connectivity index (χ3v) is 3.22. The van der Waals surface area contributed by atoms with Gasteiger partial charge in [0.05, 0.1) is 11.8 Å². The molecule has 2 N–H and O–H groups in total. The molecule has 0 fully saturated rings. The summed E-state index contributed by atoms with van der Waals surface area (Å²) in [6.07, 6.45) is 1.65. The SMILES string of the molecule is Cc1cc(C(=O)NCCSc2cn[nH]n2)c(C)o1. The van der Waals surface area contributed by atoms with Crippen molar-refractivity contribution in [3.8, 4) is 0 Å². The van der Waals surface area contributed by atoms with Crippen LogP contribution in [0.5, 0.6) is 0 Å². The Hall–Kier alpha value is -1.76. The minimum Gasteiger partial charge on any atom is -0.466 e. The Kier molecular flexibility index (Phi) is 4.03. The average molecular weight is 266 g/mol. The number of aromatic nitrogens is 3. The average Bonchev–Trinajstić information content (AvgIpc) is 2.94. The molecular formula is C11H14N4O2S. The molecule has 0 aliphatic carbocycles. The minimum atomic E-state index is -0.106. The lowest BCUT2D eigenvalue weighted by atomic mass is 10.2. The van der Waals surface area contributed by atoms with Gasteiger partial charge in [0, 0.05) is 12.3 Å². The fourth-order valence-corrected chi connectivity index (χ4v) is 2.18. The van der Waals surface area contributed by atoms with Crippen LogP contribution >= 0.6 is 11.8 Å². The van der Waals surface area contributed by atoms with Crippen molar-refractivity contribution in [1.29, 1.82) is 0 Å². The number of carbonyl (C=O) groups excluding carboxylic acids is 1. The van der Waals surface area contributed by atoms with E-state index in [0.29, 0.717) is 17.9 Å². The van der Waals surface area contributed by atoms with Crippen LogP contribution in [-0.4, -0.2) is 33.6 Å². The topological polar surface area (TPSA) is 83.8 Å². The highest BCUT2D eigenvalue weighted by molar-refractivity contribution is 7.99. The highest BCUT2D eigenvalue weighted by Gasteiger charge is 2.12. The van der Waals surface area contributed by atoms with Gasteiger partial charge in [-0.25, -0.2) is 0 Å². The Morgan fingerprint density at radius 3 is 3.00 bits per heavy atom. The Balaban J connectivity index is 1.77. The summed E-state index contributed by atoms with van der Waals surface area (Å²) in [5, 5.41) is 13.8. The first-order chi connectivity index (χ1) is 8.66. The molecule has 1 amide bonds. The summed E-state index contributed by atoms with van der Waals surface area (Å²) in [5.74, 6) is 2.03. The van der Waals surface area contributed by atoms with Gasteiger partial charge in [-0.05, 0) is 19.9 Å². The fraction of sp³-hybridized carbons (Fsp3) is 0.364. The molecule has 0 bridgehead atoms. The first-order valence-electron chi connectivity index (χ1n) is 5.50. The maximum atomic E-state index is 11.8. The van der Waals surface area contributed by atoms with Gasteiger partial charge in [0.1, 0.15) is 16.5 Å². The molecule has 0 aromatic carbocycles. The number of nitrogens with zero attached hydrogens (tertiary/aromatic N) is 2. The van der Waals surface area contributed by atoms with Crippen LogP contribution in [-0.2, 0) is 0 Å². The molecule has 0 saturated heterocycles. The van der Waals surface area contributed by atoms with Crippen LogP contribution in [0.2, 0.25) is 0 Å². The Labute approximate surface area is 109 Å². The molecule has 0 unspecified atom stereocenters. The van der Waals surface area contributed by atoms with E-state index in [0.717, 1.165) is 16.5 Å². The Morgan fingerprint density at radius 1 is 1.56 bits per heavy atom. The molecule has 7 heteroatoms. The van der Waals surface area contributed by atoms with E-state index in [1.165, 1.54) is 11.8 Å². The number of amides is 1. The normalized spacial score (nSPS) is 10.6. The summed E-state index contributed by atoms with van der Waals surface area (Å²) in [4.78, 5) is 11.8. The summed E-state index contributed by atoms with van der Waals surface area (Å²) in [7, 11) is 0. The van der Waals surface area contributed by atoms with Crippen LogP contribution in [0.4, 0.5) is 0 Å². The van der Waals surface area contributed by atoms with Crippen molar-refractivity contribution in [2.75, 3.05) is 12.3 Å². The van der Waals surface area contributed by atoms with E-state index >= 15 is 0 Å². The predicted octanol–water partition coefficient (Wildman–Crippen LogP) is 1.54. The van der Waals surface area contributed by atoms with Crippen LogP contribution < -0.4 is 5.32 Å². The van der Waals surface area contributed by atoms with Gasteiger partial charge in [0.2, 0.25) is 0 Å². The van der Waals surface area contributed by atoms with Gasteiger partial charge in [-0.15, -0.1) is 16.9 Å². The summed E-state index contributed by atoms with van der Waals surface area (Å²) in [5.41, 5.74) is 0.596. The molecule has 0 aliphatic rings. The largest absolute Gasteiger partial charge is 0.466 e. The molecule has 2 aromatic heterocycles. The molecule has 18 heavy (non-hydrogen) atoms. The monoisotopic (exact) mass is 266 g/mol. The molecule has 96 valence electrons. The van der Waals surface area contributed by atoms with Crippen LogP contribution in [0, 0.1) is 13.8 Å². The number of nitrogens with one attached hydrogen (secondary N) is 2. The molecule has 2 rings (SSSR count). The van der Waals surface area contributed by atoms with Crippen molar-refractivity contribution in [2.24, 2.45) is 0 Å². The van der Waals surface area contributed by atoms with Crippen molar-refractivity contribution in [3.05, 3.63) is 29.3 Å². The molecule has 0 saturated carbocycles. The second kappa shape index (κ2) is 5.72. The van der Waals surface area contributed by atoms with Crippen LogP contribution in [0.3, 0.4) is 0 Å². The highest BCUT2D eigenvalue weighted by atomic mass is 32.2. The smallest absolute Gasteiger partial charge is 0.254 e. The van der Waals surface area contributed by atoms with E-state index in [4.69, 9.17) is 4.42 Å². The minimum absolute atomic E-state index is 0.106. The number of H-pyrrole nitrogens is 1. The number of furan rings is 1. The molecule has 2 heterocycles. The number of carbonyl (C=O) groups is 1. The number of thioether (sulfide) groups is 1. The first kappa shape index (κ1) is 12.7. The predicted molar refractivity (Wildman–Crippen MR) is 67.6 cm³/mol. The second-order valence-electron chi connectivity index (χ2n) is 3.74. The van der Waals surface area contributed by atoms with Crippen LogP contribution in [0.15, 0.2) is 21.7 Å². The van der Waals surface area contributed by atoms with Crippen LogP contribution in [0.1, 0.15) is 21.9 Å². The summed E-state index contributed by atoms with van der Waals surface area (Å²) in [6.45, 7) is 4.18. The van der Waals surface area contributed by atoms with Crippen molar-refractivity contribution in [1.82, 2.24) is 20.7 Å². The number of rotatable bonds is 5. The van der Waals surface area contributed by atoms with Gasteiger partial charge in [-0.1, -0.05) is 0 Å². The quantitative estimate of drug-likeness (QED) is 0.633. The molecule has 0 atom stereocenters. The lowest BCUT2D eigenvalue weighted by Crippen LogP contribution is -2.25. The van der Waals surface area contributed by atoms with Crippen molar-refractivity contribution in [3.63, 3.8) is 0 Å². The second-order valence-corrected chi connectivity index (χ2v) is 4.85. The zero-order valence-electron chi connectivity index (χ0n) is 10.2. The van der Waals surface area contributed by atoms with Crippen molar-refractivity contribution >= 4 is 17.7 Å². The summed E-state index contributed by atoms with van der Waals surface area (Å²) >= 11 is 1.53. The molecular weight excluding hydrogens is 252 g/mol. The molecule has 0 radical (unpaired) electrons. The maximum Gasteiger partial charge on any atom is 0.254 e. The number of aromatic amines is 1. The zero-order valence-corrected chi connectivity index (χ0v) is 11.0. The number of aryl methyl sites for hydroxylation is 2. The number of hydrogen-bond donors (Lipinski definition) is 2. The van der Waals surface area contributed by atoms with E-state index in [1.807, 2.05) is 6.92 Å². The van der Waals surface area contributed by atoms with Crippen molar-refractivity contribution < 1.29 is 9.21 Å². The first-order valence-corrected chi connectivity index (χ1v) is 6.49. The van der Waals surface area contributed by atoms with Gasteiger partial charge >= 0.3 is 0 Å². The maximum absolute atomic E-state index is 11.8. The van der Waals surface area contributed by atoms with E-state index in [-0.39, 0.29) is 5.91 Å². The Bertz CT molecular complexity index is 521. The van der Waals surface area contributed by atoms with Gasteiger partial charge < -0.3 is 9.73 Å². The standard InChI is InChI=1S/C11H14N4O2S/c1-7-5-9(8(2)17-7)11(16)12-3-4-18-10-6-13-15-14-10/h5-6H,3-4H2,1-2H3,(H,12,16)(H,13,14,15). The molecule has 0 aliphatic heterocycles. The van der Waals surface area contributed by atoms with Gasteiger partial charge in [0.25, 0.3) is 5.91 Å². The van der Waals surface area contributed by atoms with E-state index in [1.54, 1.807) is 19.2 Å². The van der Waals surface area contributed by atoms with E-state index in [2.05, 4.69) is 20.7 Å². The number of hydrogen-bond acceptors (Lipinski definition) is 5. The van der Waals surface area contributed by atoms with E-state index < -0.39 is 0 Å². The lowest BCUT2D eigenvalue weighted by molar-refractivity contribution is 0.0954. The molecule has 6 nitrogen and oxygen atoms in total. The highest BCUT2D eigenvalue weighted by Crippen LogP contribution is 2.14. The molecule has 0 spiro atoms. The fourth-order valence-electron chi connectivity index (χ4n) is 1.53. The van der Waals surface area contributed by atoms with E-state index in [9.17, 15) is 4.79 Å². The van der Waals surface area contributed by atoms with Gasteiger partial charge in [-0.3, -0.25) is 4.79 Å². The van der Waals surface area contributed by atoms with Gasteiger partial charge in [0.15, 0.2) is 0 Å². The van der Waals surface area contributed by atoms with Gasteiger partial charge in [-0.2, -0.15) is 10.3 Å².